The second kappa shape index (κ2) is 11.5. The van der Waals surface area contributed by atoms with Crippen LogP contribution in [0.4, 0.5) is 0 Å². The van der Waals surface area contributed by atoms with E-state index in [1.54, 1.807) is 0 Å². The third-order valence-corrected chi connectivity index (χ3v) is 6.62. The summed E-state index contributed by atoms with van der Waals surface area (Å²) in [7, 11) is 0. The normalized spacial score (nSPS) is 14.5. The molecule has 0 aliphatic carbocycles. The number of piperazine rings is 1. The van der Waals surface area contributed by atoms with Crippen molar-refractivity contribution in [1.82, 2.24) is 9.80 Å². The number of rotatable bonds is 8. The van der Waals surface area contributed by atoms with Crippen LogP contribution in [-0.4, -0.2) is 48.5 Å². The summed E-state index contributed by atoms with van der Waals surface area (Å²) < 4.78 is 6.83. The third-order valence-electron chi connectivity index (χ3n) is 6.12. The third kappa shape index (κ3) is 5.84. The second-order valence-corrected chi connectivity index (χ2v) is 9.31. The van der Waals surface area contributed by atoms with Crippen LogP contribution < -0.4 is 4.74 Å². The van der Waals surface area contributed by atoms with Crippen LogP contribution in [0.5, 0.6) is 5.75 Å². The lowest BCUT2D eigenvalue weighted by Crippen LogP contribution is -2.50. The van der Waals surface area contributed by atoms with Crippen molar-refractivity contribution in [3.8, 4) is 5.75 Å². The molecule has 33 heavy (non-hydrogen) atoms. The quantitative estimate of drug-likeness (QED) is 0.342. The van der Waals surface area contributed by atoms with Crippen molar-refractivity contribution in [2.24, 2.45) is 0 Å². The first kappa shape index (κ1) is 23.5. The molecule has 1 saturated heterocycles. The standard InChI is InChI=1S/C28H31BrN2O2/c1-2-3-20-33-26-15-14-24(29)21-25(26)28(32)31-18-16-30(17-19-31)27(22-10-6-4-7-11-22)23-12-8-5-9-13-23/h4-15,21,27H,2-3,16-20H2,1H3. The molecular weight excluding hydrogens is 476 g/mol. The largest absolute Gasteiger partial charge is 0.493 e. The van der Waals surface area contributed by atoms with Gasteiger partial charge in [0.25, 0.3) is 5.91 Å². The fourth-order valence-corrected chi connectivity index (χ4v) is 4.72. The molecule has 1 aliphatic rings. The van der Waals surface area contributed by atoms with E-state index in [1.165, 1.54) is 11.1 Å². The second-order valence-electron chi connectivity index (χ2n) is 8.39. The van der Waals surface area contributed by atoms with Gasteiger partial charge in [0, 0.05) is 30.7 Å². The van der Waals surface area contributed by atoms with Crippen LogP contribution in [-0.2, 0) is 0 Å². The van der Waals surface area contributed by atoms with E-state index in [4.69, 9.17) is 4.74 Å². The van der Waals surface area contributed by atoms with Crippen molar-refractivity contribution < 1.29 is 9.53 Å². The molecular formula is C28H31BrN2O2. The van der Waals surface area contributed by atoms with Crippen molar-refractivity contribution in [3.05, 3.63) is 100 Å². The number of halogens is 1. The van der Waals surface area contributed by atoms with E-state index < -0.39 is 0 Å². The van der Waals surface area contributed by atoms with Crippen LogP contribution in [0, 0.1) is 0 Å². The van der Waals surface area contributed by atoms with Crippen LogP contribution in [0.15, 0.2) is 83.3 Å². The van der Waals surface area contributed by atoms with Gasteiger partial charge in [0.1, 0.15) is 5.75 Å². The zero-order chi connectivity index (χ0) is 23.0. The van der Waals surface area contributed by atoms with Gasteiger partial charge in [-0.15, -0.1) is 0 Å². The topological polar surface area (TPSA) is 32.8 Å². The molecule has 4 rings (SSSR count). The highest BCUT2D eigenvalue weighted by Gasteiger charge is 2.29. The molecule has 5 heteroatoms. The van der Waals surface area contributed by atoms with E-state index in [9.17, 15) is 4.79 Å². The lowest BCUT2D eigenvalue weighted by molar-refractivity contribution is 0.0593. The van der Waals surface area contributed by atoms with Crippen LogP contribution in [0.25, 0.3) is 0 Å². The minimum absolute atomic E-state index is 0.0402. The van der Waals surface area contributed by atoms with Gasteiger partial charge in [0.05, 0.1) is 18.2 Å². The number of ether oxygens (including phenoxy) is 1. The molecule has 0 atom stereocenters. The molecule has 0 saturated carbocycles. The van der Waals surface area contributed by atoms with Crippen LogP contribution in [0.3, 0.4) is 0 Å². The molecule has 0 unspecified atom stereocenters. The van der Waals surface area contributed by atoms with Gasteiger partial charge in [0.2, 0.25) is 0 Å². The van der Waals surface area contributed by atoms with Gasteiger partial charge in [-0.1, -0.05) is 89.9 Å². The predicted octanol–water partition coefficient (Wildman–Crippen LogP) is 6.18. The van der Waals surface area contributed by atoms with E-state index >= 15 is 0 Å². The van der Waals surface area contributed by atoms with Crippen molar-refractivity contribution in [2.45, 2.75) is 25.8 Å². The van der Waals surface area contributed by atoms with Crippen LogP contribution in [0.2, 0.25) is 0 Å². The van der Waals surface area contributed by atoms with Crippen molar-refractivity contribution in [1.29, 1.82) is 0 Å². The molecule has 1 aliphatic heterocycles. The molecule has 172 valence electrons. The maximum atomic E-state index is 13.4. The summed E-state index contributed by atoms with van der Waals surface area (Å²) in [5.74, 6) is 0.712. The lowest BCUT2D eigenvalue weighted by atomic mass is 9.96. The Morgan fingerprint density at radius 3 is 2.09 bits per heavy atom. The lowest BCUT2D eigenvalue weighted by Gasteiger charge is -2.40. The van der Waals surface area contributed by atoms with Crippen molar-refractivity contribution in [3.63, 3.8) is 0 Å². The fraction of sp³-hybridized carbons (Fsp3) is 0.321. The molecule has 0 aromatic heterocycles. The molecule has 3 aromatic carbocycles. The highest BCUT2D eigenvalue weighted by Crippen LogP contribution is 2.30. The summed E-state index contributed by atoms with van der Waals surface area (Å²) in [6, 6.07) is 27.1. The molecule has 0 bridgehead atoms. The summed E-state index contributed by atoms with van der Waals surface area (Å²) >= 11 is 3.52. The predicted molar refractivity (Wildman–Crippen MR) is 137 cm³/mol. The minimum atomic E-state index is 0.0402. The summed E-state index contributed by atoms with van der Waals surface area (Å²) in [5, 5.41) is 0. The van der Waals surface area contributed by atoms with Crippen LogP contribution in [0.1, 0.15) is 47.3 Å². The maximum absolute atomic E-state index is 13.4. The van der Waals surface area contributed by atoms with E-state index in [-0.39, 0.29) is 11.9 Å². The fourth-order valence-electron chi connectivity index (χ4n) is 4.36. The highest BCUT2D eigenvalue weighted by molar-refractivity contribution is 9.10. The molecule has 1 fully saturated rings. The average molecular weight is 507 g/mol. The van der Waals surface area contributed by atoms with Gasteiger partial charge in [0.15, 0.2) is 0 Å². The van der Waals surface area contributed by atoms with Crippen molar-refractivity contribution in [2.75, 3.05) is 32.8 Å². The van der Waals surface area contributed by atoms with Crippen LogP contribution >= 0.6 is 15.9 Å². The Morgan fingerprint density at radius 2 is 1.52 bits per heavy atom. The number of nitrogens with zero attached hydrogens (tertiary/aromatic N) is 2. The maximum Gasteiger partial charge on any atom is 0.257 e. The number of unbranched alkanes of at least 4 members (excludes halogenated alkanes) is 1. The van der Waals surface area contributed by atoms with E-state index in [1.807, 2.05) is 23.1 Å². The van der Waals surface area contributed by atoms with Gasteiger partial charge in [-0.05, 0) is 35.7 Å². The molecule has 0 radical (unpaired) electrons. The molecule has 4 nitrogen and oxygen atoms in total. The Bertz CT molecular complexity index is 995. The van der Waals surface area contributed by atoms with Gasteiger partial charge in [-0.25, -0.2) is 0 Å². The van der Waals surface area contributed by atoms with E-state index in [0.29, 0.717) is 31.0 Å². The molecule has 1 heterocycles. The van der Waals surface area contributed by atoms with Gasteiger partial charge in [-0.2, -0.15) is 0 Å². The SMILES string of the molecule is CCCCOc1ccc(Br)cc1C(=O)N1CCN(C(c2ccccc2)c2ccccc2)CC1. The molecule has 0 spiro atoms. The summed E-state index contributed by atoms with van der Waals surface area (Å²) in [4.78, 5) is 17.9. The Balaban J connectivity index is 1.49. The first-order valence-electron chi connectivity index (χ1n) is 11.7. The number of carbonyl (C=O) groups is 1. The minimum Gasteiger partial charge on any atom is -0.493 e. The molecule has 1 amide bonds. The number of hydrogen-bond acceptors (Lipinski definition) is 3. The smallest absolute Gasteiger partial charge is 0.257 e. The van der Waals surface area contributed by atoms with Gasteiger partial charge < -0.3 is 9.64 Å². The zero-order valence-corrected chi connectivity index (χ0v) is 20.7. The summed E-state index contributed by atoms with van der Waals surface area (Å²) in [5.41, 5.74) is 3.20. The molecule has 3 aromatic rings. The first-order valence-corrected chi connectivity index (χ1v) is 12.5. The van der Waals surface area contributed by atoms with Crippen molar-refractivity contribution >= 4 is 21.8 Å². The summed E-state index contributed by atoms with van der Waals surface area (Å²) in [6.07, 6.45) is 2.04. The van der Waals surface area contributed by atoms with E-state index in [2.05, 4.69) is 88.4 Å². The number of amides is 1. The zero-order valence-electron chi connectivity index (χ0n) is 19.1. The van der Waals surface area contributed by atoms with Gasteiger partial charge >= 0.3 is 0 Å². The number of benzene rings is 3. The Labute approximate surface area is 205 Å². The number of carbonyl (C=O) groups excluding carboxylic acids is 1. The van der Waals surface area contributed by atoms with E-state index in [0.717, 1.165) is 30.4 Å². The Morgan fingerprint density at radius 1 is 0.909 bits per heavy atom. The molecule has 0 N–H and O–H groups in total. The first-order chi connectivity index (χ1) is 16.2. The monoisotopic (exact) mass is 506 g/mol. The number of hydrogen-bond donors (Lipinski definition) is 0. The Hall–Kier alpha value is -2.63. The van der Waals surface area contributed by atoms with Gasteiger partial charge in [-0.3, -0.25) is 9.69 Å². The highest BCUT2D eigenvalue weighted by atomic mass is 79.9. The Kier molecular flexibility index (Phi) is 8.19. The summed E-state index contributed by atoms with van der Waals surface area (Å²) in [6.45, 7) is 5.78. The average Bonchev–Trinajstić information content (AvgIpc) is 2.86.